The average Bonchev–Trinajstić information content (AvgIpc) is 3.23. The van der Waals surface area contributed by atoms with Crippen molar-refractivity contribution in [3.8, 4) is 11.1 Å². The fourth-order valence-corrected chi connectivity index (χ4v) is 5.07. The summed E-state index contributed by atoms with van der Waals surface area (Å²) >= 11 is 1.56. The lowest BCUT2D eigenvalue weighted by Crippen LogP contribution is -2.33. The van der Waals surface area contributed by atoms with Crippen molar-refractivity contribution in [2.24, 2.45) is 0 Å². The van der Waals surface area contributed by atoms with E-state index in [9.17, 15) is 4.79 Å². The third-order valence-electron chi connectivity index (χ3n) is 6.33. The first-order valence-electron chi connectivity index (χ1n) is 11.4. The molecule has 0 saturated carbocycles. The molecule has 0 amide bonds. The molecule has 0 fully saturated rings. The van der Waals surface area contributed by atoms with Crippen LogP contribution in [-0.2, 0) is 13.0 Å². The van der Waals surface area contributed by atoms with Crippen LogP contribution in [0, 0.1) is 13.8 Å². The molecular weight excluding hydrogens is 414 g/mol. The molecule has 0 aliphatic rings. The molecule has 5 heteroatoms. The lowest BCUT2D eigenvalue weighted by molar-refractivity contribution is 0.287. The van der Waals surface area contributed by atoms with Crippen molar-refractivity contribution in [2.45, 2.75) is 40.7 Å². The van der Waals surface area contributed by atoms with Gasteiger partial charge in [-0.05, 0) is 49.2 Å². The summed E-state index contributed by atoms with van der Waals surface area (Å²) in [5.74, 6) is 0.842. The summed E-state index contributed by atoms with van der Waals surface area (Å²) in [5.41, 5.74) is 5.81. The number of nitrogens with zero attached hydrogens (tertiary/aromatic N) is 3. The first-order valence-corrected chi connectivity index (χ1v) is 12.2. The van der Waals surface area contributed by atoms with Gasteiger partial charge in [0.2, 0.25) is 0 Å². The predicted octanol–water partition coefficient (Wildman–Crippen LogP) is 5.67. The van der Waals surface area contributed by atoms with Crippen molar-refractivity contribution in [2.75, 3.05) is 19.6 Å². The van der Waals surface area contributed by atoms with Gasteiger partial charge < -0.3 is 4.90 Å². The van der Waals surface area contributed by atoms with E-state index >= 15 is 0 Å². The van der Waals surface area contributed by atoms with Crippen LogP contribution in [-0.4, -0.2) is 34.1 Å². The maximum absolute atomic E-state index is 13.8. The number of aryl methyl sites for hydroxylation is 2. The zero-order valence-electron chi connectivity index (χ0n) is 19.4. The van der Waals surface area contributed by atoms with Crippen LogP contribution < -0.4 is 5.56 Å². The van der Waals surface area contributed by atoms with E-state index in [1.54, 1.807) is 11.3 Å². The van der Waals surface area contributed by atoms with Crippen LogP contribution in [0.2, 0.25) is 0 Å². The van der Waals surface area contributed by atoms with Gasteiger partial charge >= 0.3 is 0 Å². The third kappa shape index (κ3) is 4.54. The summed E-state index contributed by atoms with van der Waals surface area (Å²) in [5, 5.41) is 2.83. The second kappa shape index (κ2) is 9.80. The average molecular weight is 446 g/mol. The van der Waals surface area contributed by atoms with Crippen molar-refractivity contribution >= 4 is 21.6 Å². The van der Waals surface area contributed by atoms with E-state index in [4.69, 9.17) is 4.98 Å². The number of rotatable bonds is 8. The van der Waals surface area contributed by atoms with Gasteiger partial charge in [-0.25, -0.2) is 4.98 Å². The highest BCUT2D eigenvalue weighted by molar-refractivity contribution is 7.17. The second-order valence-electron chi connectivity index (χ2n) is 8.30. The Balaban J connectivity index is 1.84. The highest BCUT2D eigenvalue weighted by atomic mass is 32.1. The maximum atomic E-state index is 13.8. The molecule has 32 heavy (non-hydrogen) atoms. The molecule has 0 spiro atoms. The van der Waals surface area contributed by atoms with Gasteiger partial charge in [0.15, 0.2) is 0 Å². The molecule has 4 rings (SSSR count). The molecule has 0 radical (unpaired) electrons. The lowest BCUT2D eigenvalue weighted by Gasteiger charge is -2.20. The van der Waals surface area contributed by atoms with Crippen LogP contribution in [0.1, 0.15) is 36.4 Å². The quantitative estimate of drug-likeness (QED) is 0.350. The fraction of sp³-hybridized carbons (Fsp3) is 0.333. The topological polar surface area (TPSA) is 38.1 Å². The van der Waals surface area contributed by atoms with E-state index in [1.807, 2.05) is 22.8 Å². The molecule has 2 heterocycles. The summed E-state index contributed by atoms with van der Waals surface area (Å²) in [7, 11) is 0. The fourth-order valence-electron chi connectivity index (χ4n) is 4.11. The minimum atomic E-state index is 0.0718. The van der Waals surface area contributed by atoms with Crippen molar-refractivity contribution in [1.82, 2.24) is 14.5 Å². The van der Waals surface area contributed by atoms with Crippen LogP contribution in [0.4, 0.5) is 0 Å². The Morgan fingerprint density at radius 3 is 2.44 bits per heavy atom. The first-order chi connectivity index (χ1) is 15.5. The van der Waals surface area contributed by atoms with Crippen LogP contribution >= 0.6 is 11.3 Å². The number of benzene rings is 2. The zero-order valence-corrected chi connectivity index (χ0v) is 20.2. The highest BCUT2D eigenvalue weighted by Crippen LogP contribution is 2.32. The van der Waals surface area contributed by atoms with Crippen LogP contribution in [0.5, 0.6) is 0 Å². The van der Waals surface area contributed by atoms with Gasteiger partial charge in [-0.3, -0.25) is 9.36 Å². The molecular formula is C27H31N3OS. The van der Waals surface area contributed by atoms with E-state index in [1.165, 1.54) is 16.7 Å². The highest BCUT2D eigenvalue weighted by Gasteiger charge is 2.18. The predicted molar refractivity (Wildman–Crippen MR) is 136 cm³/mol. The number of fused-ring (bicyclic) bond motifs is 1. The third-order valence-corrected chi connectivity index (χ3v) is 7.20. The molecule has 2 aromatic carbocycles. The molecule has 166 valence electrons. The summed E-state index contributed by atoms with van der Waals surface area (Å²) in [6, 6.07) is 16.7. The maximum Gasteiger partial charge on any atom is 0.262 e. The SMILES string of the molecule is CCN(CC)CCn1c(Cc2ccccc2)nc2scc(-c3ccc(C)c(C)c3)c2c1=O. The van der Waals surface area contributed by atoms with Gasteiger partial charge in [-0.1, -0.05) is 62.4 Å². The van der Waals surface area contributed by atoms with Crippen LogP contribution in [0.25, 0.3) is 21.3 Å². The second-order valence-corrected chi connectivity index (χ2v) is 9.16. The molecule has 0 unspecified atom stereocenters. The summed E-state index contributed by atoms with van der Waals surface area (Å²) in [4.78, 5) is 22.0. The molecule has 4 aromatic rings. The van der Waals surface area contributed by atoms with Gasteiger partial charge in [0.1, 0.15) is 10.7 Å². The minimum Gasteiger partial charge on any atom is -0.302 e. The van der Waals surface area contributed by atoms with Crippen molar-refractivity contribution < 1.29 is 0 Å². The van der Waals surface area contributed by atoms with Gasteiger partial charge in [0.05, 0.1) is 5.39 Å². The number of thiophene rings is 1. The van der Waals surface area contributed by atoms with E-state index in [0.29, 0.717) is 13.0 Å². The Labute approximate surface area is 194 Å². The molecule has 0 saturated heterocycles. The molecule has 0 N–H and O–H groups in total. The smallest absolute Gasteiger partial charge is 0.262 e. The molecule has 2 aromatic heterocycles. The van der Waals surface area contributed by atoms with Crippen LogP contribution in [0.3, 0.4) is 0 Å². The minimum absolute atomic E-state index is 0.0718. The van der Waals surface area contributed by atoms with Gasteiger partial charge in [-0.15, -0.1) is 11.3 Å². The normalized spacial score (nSPS) is 11.5. The Morgan fingerprint density at radius 1 is 1.00 bits per heavy atom. The molecule has 0 aliphatic carbocycles. The largest absolute Gasteiger partial charge is 0.302 e. The Morgan fingerprint density at radius 2 is 1.75 bits per heavy atom. The summed E-state index contributed by atoms with van der Waals surface area (Å²) < 4.78 is 1.91. The molecule has 0 bridgehead atoms. The first kappa shape index (κ1) is 22.4. The van der Waals surface area contributed by atoms with E-state index in [0.717, 1.165) is 46.8 Å². The zero-order chi connectivity index (χ0) is 22.7. The van der Waals surface area contributed by atoms with E-state index in [2.05, 4.69) is 68.3 Å². The summed E-state index contributed by atoms with van der Waals surface area (Å²) in [6.07, 6.45) is 0.654. The van der Waals surface area contributed by atoms with Crippen molar-refractivity contribution in [3.63, 3.8) is 0 Å². The van der Waals surface area contributed by atoms with Gasteiger partial charge in [0.25, 0.3) is 5.56 Å². The molecule has 0 atom stereocenters. The van der Waals surface area contributed by atoms with E-state index in [-0.39, 0.29) is 5.56 Å². The van der Waals surface area contributed by atoms with Crippen molar-refractivity contribution in [1.29, 1.82) is 0 Å². The molecule has 4 nitrogen and oxygen atoms in total. The Hall–Kier alpha value is -2.76. The van der Waals surface area contributed by atoms with Gasteiger partial charge in [0, 0.05) is 30.5 Å². The van der Waals surface area contributed by atoms with Gasteiger partial charge in [-0.2, -0.15) is 0 Å². The number of likely N-dealkylation sites (N-methyl/N-ethyl adjacent to an activating group) is 1. The Bertz CT molecular complexity index is 1270. The Kier molecular flexibility index (Phi) is 6.87. The summed E-state index contributed by atoms with van der Waals surface area (Å²) in [6.45, 7) is 12.0. The lowest BCUT2D eigenvalue weighted by atomic mass is 10.0. The van der Waals surface area contributed by atoms with Crippen molar-refractivity contribution in [3.05, 3.63) is 86.8 Å². The van der Waals surface area contributed by atoms with Crippen LogP contribution in [0.15, 0.2) is 58.7 Å². The molecule has 0 aliphatic heterocycles. The van der Waals surface area contributed by atoms with E-state index < -0.39 is 0 Å². The number of hydrogen-bond acceptors (Lipinski definition) is 4. The number of hydrogen-bond donors (Lipinski definition) is 0. The number of aromatic nitrogens is 2. The standard InChI is InChI=1S/C27H31N3OS/c1-5-29(6-2)14-15-30-24(17-21-10-8-7-9-11-21)28-26-25(27(30)31)23(18-32-26)22-13-12-19(3)20(4)16-22/h7-13,16,18H,5-6,14-15,17H2,1-4H3. The monoisotopic (exact) mass is 445 g/mol.